The van der Waals surface area contributed by atoms with Crippen molar-refractivity contribution in [2.75, 3.05) is 0 Å². The second kappa shape index (κ2) is 12.2. The van der Waals surface area contributed by atoms with Crippen LogP contribution >= 0.6 is 0 Å². The van der Waals surface area contributed by atoms with Gasteiger partial charge in [-0.15, -0.1) is 0 Å². The number of carbonyl (C=O) groups excluding carboxylic acids is 2. The standard InChI is InChI=1S/C34H40N2O4/c1-33(2)19-25(35-23-13-7-5-8-14-23)31(29(39)21-33)27(37)17-11-12-18-28(38)32-26(20-34(3,4)22-30(32)40)36-24-15-9-6-10-16-24/h5-10,13-16,37-38H,11-12,17-22H2,1-4H3. The van der Waals surface area contributed by atoms with Gasteiger partial charge in [-0.25, -0.2) is 0 Å². The third-order valence-electron chi connectivity index (χ3n) is 7.40. The molecule has 6 nitrogen and oxygen atoms in total. The Morgan fingerprint density at radius 2 is 0.975 bits per heavy atom. The van der Waals surface area contributed by atoms with Gasteiger partial charge in [0.2, 0.25) is 0 Å². The molecule has 0 unspecified atom stereocenters. The van der Waals surface area contributed by atoms with Crippen LogP contribution in [0, 0.1) is 10.8 Å². The summed E-state index contributed by atoms with van der Waals surface area (Å²) in [4.78, 5) is 35.6. The normalized spacial score (nSPS) is 23.4. The number of benzene rings is 2. The molecule has 0 heterocycles. The van der Waals surface area contributed by atoms with E-state index in [0.717, 1.165) is 11.4 Å². The summed E-state index contributed by atoms with van der Waals surface area (Å²) in [5, 5.41) is 22.0. The molecule has 210 valence electrons. The molecular weight excluding hydrogens is 500 g/mol. The van der Waals surface area contributed by atoms with Crippen molar-refractivity contribution >= 4 is 34.4 Å². The maximum atomic E-state index is 13.1. The van der Waals surface area contributed by atoms with Gasteiger partial charge < -0.3 is 10.2 Å². The predicted octanol–water partition coefficient (Wildman–Crippen LogP) is 8.49. The maximum absolute atomic E-state index is 13.1. The number of hydrogen-bond donors (Lipinski definition) is 2. The van der Waals surface area contributed by atoms with Crippen LogP contribution < -0.4 is 0 Å². The number of rotatable bonds is 7. The number of aliphatic hydroxyl groups is 2. The summed E-state index contributed by atoms with van der Waals surface area (Å²) in [6, 6.07) is 18.9. The lowest BCUT2D eigenvalue weighted by atomic mass is 9.73. The number of nitrogens with zero attached hydrogens (tertiary/aromatic N) is 2. The molecule has 0 aliphatic heterocycles. The fourth-order valence-electron chi connectivity index (χ4n) is 5.57. The smallest absolute Gasteiger partial charge is 0.168 e. The van der Waals surface area contributed by atoms with Crippen molar-refractivity contribution in [2.45, 2.75) is 79.1 Å². The topological polar surface area (TPSA) is 99.3 Å². The molecule has 2 aliphatic carbocycles. The van der Waals surface area contributed by atoms with Crippen molar-refractivity contribution in [3.8, 4) is 0 Å². The van der Waals surface area contributed by atoms with E-state index in [0.29, 0.717) is 73.9 Å². The molecule has 0 aromatic heterocycles. The molecule has 0 amide bonds. The quantitative estimate of drug-likeness (QED) is 0.209. The van der Waals surface area contributed by atoms with Crippen LogP contribution in [0.1, 0.15) is 79.1 Å². The first kappa shape index (κ1) is 29.2. The minimum atomic E-state index is -0.230. The fourth-order valence-corrected chi connectivity index (χ4v) is 5.57. The van der Waals surface area contributed by atoms with Crippen molar-refractivity contribution < 1.29 is 19.8 Å². The van der Waals surface area contributed by atoms with Crippen molar-refractivity contribution in [3.05, 3.63) is 83.3 Å². The number of Topliss-reactive ketones (excluding diaryl/α,β-unsaturated/α-hetero) is 2. The number of carbonyl (C=O) groups is 2. The van der Waals surface area contributed by atoms with Gasteiger partial charge in [0, 0.05) is 25.7 Å². The van der Waals surface area contributed by atoms with E-state index in [1.165, 1.54) is 0 Å². The summed E-state index contributed by atoms with van der Waals surface area (Å²) in [6.07, 6.45) is 3.60. The molecule has 0 atom stereocenters. The Labute approximate surface area is 237 Å². The molecule has 40 heavy (non-hydrogen) atoms. The molecule has 0 bridgehead atoms. The average molecular weight is 541 g/mol. The van der Waals surface area contributed by atoms with E-state index in [1.807, 2.05) is 88.4 Å². The summed E-state index contributed by atoms with van der Waals surface area (Å²) in [5.74, 6) is -0.0931. The number of hydrogen-bond acceptors (Lipinski definition) is 6. The highest BCUT2D eigenvalue weighted by molar-refractivity contribution is 6.26. The Balaban J connectivity index is 1.50. The second-order valence-corrected chi connectivity index (χ2v) is 12.5. The van der Waals surface area contributed by atoms with Crippen LogP contribution in [0.5, 0.6) is 0 Å². The van der Waals surface area contributed by atoms with Crippen LogP contribution in [-0.2, 0) is 9.59 Å². The highest BCUT2D eigenvalue weighted by Gasteiger charge is 2.37. The van der Waals surface area contributed by atoms with Crippen LogP contribution in [0.4, 0.5) is 11.4 Å². The number of aliphatic hydroxyl groups excluding tert-OH is 2. The highest BCUT2D eigenvalue weighted by atomic mass is 16.3. The number of para-hydroxylation sites is 2. The number of allylic oxidation sites excluding steroid dienone is 4. The lowest BCUT2D eigenvalue weighted by Crippen LogP contribution is -2.32. The van der Waals surface area contributed by atoms with Crippen LogP contribution in [-0.4, -0.2) is 33.2 Å². The number of unbranched alkanes of at least 4 members (excludes halogenated alkanes) is 1. The molecule has 2 aromatic carbocycles. The minimum absolute atomic E-state index is 0.0455. The maximum Gasteiger partial charge on any atom is 0.168 e. The second-order valence-electron chi connectivity index (χ2n) is 12.5. The lowest BCUT2D eigenvalue weighted by Gasteiger charge is -2.31. The zero-order valence-electron chi connectivity index (χ0n) is 24.0. The molecule has 2 aromatic rings. The molecule has 2 fully saturated rings. The van der Waals surface area contributed by atoms with Gasteiger partial charge in [-0.05, 0) is 60.8 Å². The number of aliphatic imine (C=N–C) groups is 2. The lowest BCUT2D eigenvalue weighted by molar-refractivity contribution is -0.118. The van der Waals surface area contributed by atoms with Crippen molar-refractivity contribution in [1.29, 1.82) is 0 Å². The summed E-state index contributed by atoms with van der Waals surface area (Å²) in [6.45, 7) is 8.16. The average Bonchev–Trinajstić information content (AvgIpc) is 2.86. The molecule has 2 saturated carbocycles. The Bertz CT molecular complexity index is 1270. The van der Waals surface area contributed by atoms with E-state index in [1.54, 1.807) is 0 Å². The van der Waals surface area contributed by atoms with Crippen molar-refractivity contribution in [2.24, 2.45) is 20.8 Å². The first-order valence-electron chi connectivity index (χ1n) is 14.1. The van der Waals surface area contributed by atoms with Crippen LogP contribution in [0.25, 0.3) is 0 Å². The zero-order valence-corrected chi connectivity index (χ0v) is 24.0. The largest absolute Gasteiger partial charge is 0.511 e. The molecule has 0 radical (unpaired) electrons. The molecule has 0 spiro atoms. The minimum Gasteiger partial charge on any atom is -0.511 e. The van der Waals surface area contributed by atoms with E-state index < -0.39 is 0 Å². The van der Waals surface area contributed by atoms with Gasteiger partial charge in [-0.3, -0.25) is 19.6 Å². The van der Waals surface area contributed by atoms with E-state index in [9.17, 15) is 19.8 Å². The molecule has 0 saturated heterocycles. The molecule has 2 aliphatic rings. The first-order chi connectivity index (χ1) is 18.9. The predicted molar refractivity (Wildman–Crippen MR) is 161 cm³/mol. The third-order valence-corrected chi connectivity index (χ3v) is 7.40. The molecule has 6 heteroatoms. The monoisotopic (exact) mass is 540 g/mol. The Morgan fingerprint density at radius 3 is 1.32 bits per heavy atom. The molecule has 4 rings (SSSR count). The van der Waals surface area contributed by atoms with Crippen LogP contribution in [0.3, 0.4) is 0 Å². The van der Waals surface area contributed by atoms with Gasteiger partial charge >= 0.3 is 0 Å². The van der Waals surface area contributed by atoms with Gasteiger partial charge in [0.25, 0.3) is 0 Å². The summed E-state index contributed by atoms with van der Waals surface area (Å²) < 4.78 is 0. The third kappa shape index (κ3) is 7.44. The van der Waals surface area contributed by atoms with Crippen molar-refractivity contribution in [1.82, 2.24) is 0 Å². The van der Waals surface area contributed by atoms with Gasteiger partial charge in [0.15, 0.2) is 11.6 Å². The molecule has 2 N–H and O–H groups in total. The fraction of sp³-hybridized carbons (Fsp3) is 0.412. The first-order valence-corrected chi connectivity index (χ1v) is 14.1. The zero-order chi connectivity index (χ0) is 28.9. The van der Waals surface area contributed by atoms with Crippen molar-refractivity contribution in [3.63, 3.8) is 0 Å². The highest BCUT2D eigenvalue weighted by Crippen LogP contribution is 2.38. The van der Waals surface area contributed by atoms with Gasteiger partial charge in [0.05, 0.1) is 33.9 Å². The van der Waals surface area contributed by atoms with E-state index in [2.05, 4.69) is 0 Å². The SMILES string of the molecule is CC1(C)CC(=O)C(=C(O)CCCCC(O)=C2C(=O)CC(C)(C)CC2=Nc2ccccc2)C(=Nc2ccccc2)C1. The Hall–Kier alpha value is -3.80. The van der Waals surface area contributed by atoms with Gasteiger partial charge in [-0.2, -0.15) is 0 Å². The van der Waals surface area contributed by atoms with Gasteiger partial charge in [0.1, 0.15) is 11.5 Å². The van der Waals surface area contributed by atoms with Crippen LogP contribution in [0.2, 0.25) is 0 Å². The number of ketones is 2. The Kier molecular flexibility index (Phi) is 8.87. The van der Waals surface area contributed by atoms with E-state index >= 15 is 0 Å². The summed E-state index contributed by atoms with van der Waals surface area (Å²) in [5.41, 5.74) is 2.93. The van der Waals surface area contributed by atoms with E-state index in [-0.39, 0.29) is 33.9 Å². The molecular formula is C34H40N2O4. The summed E-state index contributed by atoms with van der Waals surface area (Å²) in [7, 11) is 0. The Morgan fingerprint density at radius 1 is 0.625 bits per heavy atom. The van der Waals surface area contributed by atoms with E-state index in [4.69, 9.17) is 9.98 Å². The summed E-state index contributed by atoms with van der Waals surface area (Å²) >= 11 is 0. The van der Waals surface area contributed by atoms with Gasteiger partial charge in [-0.1, -0.05) is 64.1 Å². The van der Waals surface area contributed by atoms with Crippen LogP contribution in [0.15, 0.2) is 93.3 Å².